The van der Waals surface area contributed by atoms with Crippen molar-refractivity contribution in [2.24, 2.45) is 5.92 Å². The van der Waals surface area contributed by atoms with Crippen LogP contribution in [0.4, 0.5) is 11.5 Å². The number of aromatic nitrogens is 3. The zero-order valence-electron chi connectivity index (χ0n) is 12.7. The normalized spacial score (nSPS) is 17.7. The van der Waals surface area contributed by atoms with Crippen molar-refractivity contribution in [1.29, 1.82) is 0 Å². The maximum absolute atomic E-state index is 4.43. The molecule has 1 aliphatic carbocycles. The zero-order chi connectivity index (χ0) is 14.8. The van der Waals surface area contributed by atoms with Gasteiger partial charge in [0.2, 0.25) is 0 Å². The number of aryl methyl sites for hydroxylation is 2. The summed E-state index contributed by atoms with van der Waals surface area (Å²) in [6.07, 6.45) is 8.44. The monoisotopic (exact) mass is 295 g/mol. The molecule has 0 spiro atoms. The van der Waals surface area contributed by atoms with Crippen LogP contribution in [0.5, 0.6) is 0 Å². The predicted octanol–water partition coefficient (Wildman–Crippen LogP) is 2.30. The summed E-state index contributed by atoms with van der Waals surface area (Å²) in [6, 6.07) is 6.27. The molecule has 114 valence electrons. The molecule has 0 amide bonds. The van der Waals surface area contributed by atoms with E-state index < -0.39 is 0 Å². The van der Waals surface area contributed by atoms with Gasteiger partial charge < -0.3 is 10.2 Å². The lowest BCUT2D eigenvalue weighted by Crippen LogP contribution is -2.50. The Morgan fingerprint density at radius 1 is 1.09 bits per heavy atom. The minimum atomic E-state index is 0.672. The number of pyridine rings is 1. The van der Waals surface area contributed by atoms with Crippen molar-refractivity contribution >= 4 is 11.5 Å². The molecule has 3 heterocycles. The Bertz CT molecular complexity index is 637. The van der Waals surface area contributed by atoms with Crippen LogP contribution in [0.1, 0.15) is 24.1 Å². The van der Waals surface area contributed by atoms with E-state index in [0.29, 0.717) is 5.92 Å². The van der Waals surface area contributed by atoms with Crippen molar-refractivity contribution in [3.8, 4) is 0 Å². The largest absolute Gasteiger partial charge is 0.385 e. The number of anilines is 2. The SMILES string of the molecule is c1cc(NCC2CN(c3cc4c(nn3)CCCC4)C2)ccn1. The molecule has 2 aromatic rings. The second kappa shape index (κ2) is 5.91. The van der Waals surface area contributed by atoms with Crippen LogP contribution in [-0.2, 0) is 12.8 Å². The van der Waals surface area contributed by atoms with Gasteiger partial charge in [0.05, 0.1) is 5.69 Å². The molecule has 0 unspecified atom stereocenters. The third-order valence-electron chi connectivity index (χ3n) is 4.61. The fourth-order valence-electron chi connectivity index (χ4n) is 3.25. The molecule has 1 aliphatic heterocycles. The van der Waals surface area contributed by atoms with Gasteiger partial charge in [0.25, 0.3) is 0 Å². The molecule has 5 heteroatoms. The Morgan fingerprint density at radius 3 is 2.77 bits per heavy atom. The van der Waals surface area contributed by atoms with Gasteiger partial charge in [-0.05, 0) is 49.4 Å². The molecular weight excluding hydrogens is 274 g/mol. The van der Waals surface area contributed by atoms with E-state index in [4.69, 9.17) is 0 Å². The highest BCUT2D eigenvalue weighted by Crippen LogP contribution is 2.26. The molecule has 1 N–H and O–H groups in total. The molecule has 0 aromatic carbocycles. The van der Waals surface area contributed by atoms with Crippen LogP contribution in [0.25, 0.3) is 0 Å². The smallest absolute Gasteiger partial charge is 0.151 e. The fourth-order valence-corrected chi connectivity index (χ4v) is 3.25. The number of fused-ring (bicyclic) bond motifs is 1. The lowest BCUT2D eigenvalue weighted by Gasteiger charge is -2.40. The molecule has 0 atom stereocenters. The van der Waals surface area contributed by atoms with Gasteiger partial charge in [0, 0.05) is 43.6 Å². The van der Waals surface area contributed by atoms with E-state index >= 15 is 0 Å². The highest BCUT2D eigenvalue weighted by molar-refractivity contribution is 5.46. The van der Waals surface area contributed by atoms with E-state index in [1.54, 1.807) is 0 Å². The van der Waals surface area contributed by atoms with Crippen LogP contribution in [0.3, 0.4) is 0 Å². The van der Waals surface area contributed by atoms with Crippen molar-refractivity contribution < 1.29 is 0 Å². The van der Waals surface area contributed by atoms with Crippen LogP contribution < -0.4 is 10.2 Å². The Labute approximate surface area is 130 Å². The van der Waals surface area contributed by atoms with E-state index in [2.05, 4.69) is 31.5 Å². The number of rotatable bonds is 4. The van der Waals surface area contributed by atoms with Gasteiger partial charge in [0.1, 0.15) is 0 Å². The first-order valence-electron chi connectivity index (χ1n) is 8.13. The Morgan fingerprint density at radius 2 is 1.91 bits per heavy atom. The van der Waals surface area contributed by atoms with Crippen LogP contribution >= 0.6 is 0 Å². The lowest BCUT2D eigenvalue weighted by molar-refractivity contribution is 0.424. The standard InChI is InChI=1S/C17H21N5/c1-2-4-16-14(3-1)9-17(21-20-16)22-11-13(12-22)10-19-15-5-7-18-8-6-15/h5-9,13H,1-4,10-12H2,(H,18,19). The van der Waals surface area contributed by atoms with E-state index in [0.717, 1.165) is 37.6 Å². The van der Waals surface area contributed by atoms with Crippen molar-refractivity contribution in [2.45, 2.75) is 25.7 Å². The van der Waals surface area contributed by atoms with Gasteiger partial charge in [-0.25, -0.2) is 0 Å². The van der Waals surface area contributed by atoms with Crippen LogP contribution in [0, 0.1) is 5.92 Å². The molecule has 2 aliphatic rings. The first-order chi connectivity index (χ1) is 10.9. The zero-order valence-corrected chi connectivity index (χ0v) is 12.7. The number of nitrogens with zero attached hydrogens (tertiary/aromatic N) is 4. The topological polar surface area (TPSA) is 53.9 Å². The molecule has 2 aromatic heterocycles. The average Bonchev–Trinajstić information content (AvgIpc) is 2.54. The van der Waals surface area contributed by atoms with Crippen molar-refractivity contribution in [3.05, 3.63) is 41.9 Å². The molecule has 1 fully saturated rings. The summed E-state index contributed by atoms with van der Waals surface area (Å²) < 4.78 is 0. The maximum Gasteiger partial charge on any atom is 0.151 e. The van der Waals surface area contributed by atoms with Gasteiger partial charge in [-0.2, -0.15) is 5.10 Å². The van der Waals surface area contributed by atoms with Crippen LogP contribution in [0.2, 0.25) is 0 Å². The molecule has 0 bridgehead atoms. The average molecular weight is 295 g/mol. The summed E-state index contributed by atoms with van der Waals surface area (Å²) >= 11 is 0. The minimum absolute atomic E-state index is 0.672. The third kappa shape index (κ3) is 2.75. The van der Waals surface area contributed by atoms with Gasteiger partial charge in [-0.3, -0.25) is 4.98 Å². The first kappa shape index (κ1) is 13.5. The van der Waals surface area contributed by atoms with Gasteiger partial charge in [-0.15, -0.1) is 5.10 Å². The summed E-state index contributed by atoms with van der Waals surface area (Å²) in [5.41, 5.74) is 3.77. The third-order valence-corrected chi connectivity index (χ3v) is 4.61. The molecule has 1 saturated heterocycles. The summed E-state index contributed by atoms with van der Waals surface area (Å²) in [6.45, 7) is 3.12. The van der Waals surface area contributed by atoms with E-state index in [1.165, 1.54) is 30.5 Å². The molecule has 5 nitrogen and oxygen atoms in total. The van der Waals surface area contributed by atoms with E-state index in [9.17, 15) is 0 Å². The first-order valence-corrected chi connectivity index (χ1v) is 8.13. The quantitative estimate of drug-likeness (QED) is 0.938. The Kier molecular flexibility index (Phi) is 3.62. The summed E-state index contributed by atoms with van der Waals surface area (Å²) in [4.78, 5) is 6.36. The van der Waals surface area contributed by atoms with Crippen molar-refractivity contribution in [1.82, 2.24) is 15.2 Å². The van der Waals surface area contributed by atoms with E-state index in [-0.39, 0.29) is 0 Å². The second-order valence-corrected chi connectivity index (χ2v) is 6.27. The summed E-state index contributed by atoms with van der Waals surface area (Å²) in [5.74, 6) is 1.73. The van der Waals surface area contributed by atoms with Crippen LogP contribution in [0.15, 0.2) is 30.6 Å². The van der Waals surface area contributed by atoms with Crippen LogP contribution in [-0.4, -0.2) is 34.8 Å². The minimum Gasteiger partial charge on any atom is -0.385 e. The van der Waals surface area contributed by atoms with Crippen molar-refractivity contribution in [2.75, 3.05) is 29.9 Å². The fraction of sp³-hybridized carbons (Fsp3) is 0.471. The second-order valence-electron chi connectivity index (χ2n) is 6.27. The molecule has 0 saturated carbocycles. The van der Waals surface area contributed by atoms with Crippen molar-refractivity contribution in [3.63, 3.8) is 0 Å². The molecular formula is C17H21N5. The molecule has 0 radical (unpaired) electrons. The van der Waals surface area contributed by atoms with Gasteiger partial charge >= 0.3 is 0 Å². The van der Waals surface area contributed by atoms with Gasteiger partial charge in [0.15, 0.2) is 5.82 Å². The summed E-state index contributed by atoms with van der Waals surface area (Å²) in [5, 5.41) is 12.3. The Hall–Kier alpha value is -2.17. The maximum atomic E-state index is 4.43. The Balaban J connectivity index is 1.31. The number of hydrogen-bond donors (Lipinski definition) is 1. The highest BCUT2D eigenvalue weighted by atomic mass is 15.3. The predicted molar refractivity (Wildman–Crippen MR) is 87.1 cm³/mol. The summed E-state index contributed by atoms with van der Waals surface area (Å²) in [7, 11) is 0. The number of nitrogens with one attached hydrogen (secondary N) is 1. The molecule has 22 heavy (non-hydrogen) atoms. The highest BCUT2D eigenvalue weighted by Gasteiger charge is 2.28. The number of hydrogen-bond acceptors (Lipinski definition) is 5. The van der Waals surface area contributed by atoms with Gasteiger partial charge in [-0.1, -0.05) is 0 Å². The lowest BCUT2D eigenvalue weighted by atomic mass is 9.95. The molecule has 4 rings (SSSR count). The van der Waals surface area contributed by atoms with E-state index in [1.807, 2.05) is 24.5 Å².